The summed E-state index contributed by atoms with van der Waals surface area (Å²) in [7, 11) is 0. The summed E-state index contributed by atoms with van der Waals surface area (Å²) < 4.78 is 1.98. The van der Waals surface area contributed by atoms with Gasteiger partial charge in [0, 0.05) is 35.3 Å². The second-order valence-electron chi connectivity index (χ2n) is 3.77. The number of nitrogens with zero attached hydrogens (tertiary/aromatic N) is 3. The van der Waals surface area contributed by atoms with Gasteiger partial charge in [-0.15, -0.1) is 0 Å². The van der Waals surface area contributed by atoms with Crippen LogP contribution in [0.5, 0.6) is 0 Å². The van der Waals surface area contributed by atoms with Crippen molar-refractivity contribution in [1.29, 1.82) is 5.26 Å². The molecular formula is C13H12ClN3S. The van der Waals surface area contributed by atoms with Crippen LogP contribution in [-0.4, -0.2) is 15.3 Å². The van der Waals surface area contributed by atoms with Gasteiger partial charge < -0.3 is 0 Å². The Morgan fingerprint density at radius 2 is 2.33 bits per heavy atom. The number of aryl methyl sites for hydroxylation is 1. The van der Waals surface area contributed by atoms with E-state index in [4.69, 9.17) is 16.9 Å². The highest BCUT2D eigenvalue weighted by molar-refractivity contribution is 7.99. The number of benzene rings is 1. The summed E-state index contributed by atoms with van der Waals surface area (Å²) in [5.41, 5.74) is 2.04. The van der Waals surface area contributed by atoms with Crippen molar-refractivity contribution in [3.8, 4) is 11.8 Å². The molecule has 0 fully saturated rings. The number of nitriles is 1. The average Bonchev–Trinajstić information content (AvgIpc) is 2.81. The molecule has 0 unspecified atom stereocenters. The normalized spacial score (nSPS) is 10.3. The van der Waals surface area contributed by atoms with Crippen LogP contribution < -0.4 is 0 Å². The van der Waals surface area contributed by atoms with Gasteiger partial charge in [-0.25, -0.2) is 4.98 Å². The van der Waals surface area contributed by atoms with Crippen LogP contribution in [-0.2, 0) is 0 Å². The van der Waals surface area contributed by atoms with E-state index in [1.165, 1.54) is 0 Å². The van der Waals surface area contributed by atoms with Crippen LogP contribution in [0.15, 0.2) is 35.7 Å². The quantitative estimate of drug-likeness (QED) is 0.630. The van der Waals surface area contributed by atoms with Crippen LogP contribution in [0.2, 0.25) is 5.02 Å². The Morgan fingerprint density at radius 3 is 3.06 bits per heavy atom. The second-order valence-corrected chi connectivity index (χ2v) is 5.24. The topological polar surface area (TPSA) is 41.6 Å². The summed E-state index contributed by atoms with van der Waals surface area (Å²) >= 11 is 7.70. The number of rotatable bonds is 4. The Bertz CT molecular complexity index is 586. The molecule has 92 valence electrons. The number of imidazole rings is 1. The summed E-state index contributed by atoms with van der Waals surface area (Å²) in [6.45, 7) is 1.97. The molecule has 0 atom stereocenters. The van der Waals surface area contributed by atoms with Crippen LogP contribution >= 0.6 is 23.4 Å². The van der Waals surface area contributed by atoms with E-state index >= 15 is 0 Å². The van der Waals surface area contributed by atoms with Gasteiger partial charge in [-0.05, 0) is 24.6 Å². The molecule has 0 aliphatic rings. The molecule has 2 aromatic rings. The van der Waals surface area contributed by atoms with Gasteiger partial charge in [0.05, 0.1) is 6.07 Å². The number of thioether (sulfide) groups is 1. The summed E-state index contributed by atoms with van der Waals surface area (Å²) in [4.78, 5) is 4.29. The third-order valence-electron chi connectivity index (χ3n) is 2.49. The van der Waals surface area contributed by atoms with Crippen molar-refractivity contribution < 1.29 is 0 Å². The van der Waals surface area contributed by atoms with E-state index in [9.17, 15) is 0 Å². The molecule has 0 bridgehead atoms. The highest BCUT2D eigenvalue weighted by Crippen LogP contribution is 2.24. The molecule has 18 heavy (non-hydrogen) atoms. The highest BCUT2D eigenvalue weighted by Gasteiger charge is 2.06. The van der Waals surface area contributed by atoms with Gasteiger partial charge >= 0.3 is 0 Å². The second kappa shape index (κ2) is 5.94. The molecule has 0 radical (unpaired) electrons. The molecule has 0 spiro atoms. The van der Waals surface area contributed by atoms with Crippen molar-refractivity contribution >= 4 is 23.4 Å². The van der Waals surface area contributed by atoms with E-state index in [0.29, 0.717) is 6.42 Å². The minimum atomic E-state index is 0.520. The van der Waals surface area contributed by atoms with Crippen molar-refractivity contribution in [3.63, 3.8) is 0 Å². The molecule has 1 aromatic heterocycles. The third-order valence-corrected chi connectivity index (χ3v) is 3.86. The van der Waals surface area contributed by atoms with Crippen molar-refractivity contribution in [1.82, 2.24) is 9.55 Å². The smallest absolute Gasteiger partial charge is 0.172 e. The fourth-order valence-electron chi connectivity index (χ4n) is 1.51. The van der Waals surface area contributed by atoms with Gasteiger partial charge in [-0.2, -0.15) is 5.26 Å². The average molecular weight is 278 g/mol. The minimum Gasteiger partial charge on any atom is -0.295 e. The number of hydrogen-bond acceptors (Lipinski definition) is 3. The van der Waals surface area contributed by atoms with Crippen LogP contribution in [0, 0.1) is 18.3 Å². The zero-order valence-corrected chi connectivity index (χ0v) is 11.5. The standard InChI is InChI=1S/C13H12ClN3S/c1-10-3-4-11(9-12(10)14)17-7-6-16-13(17)18-8-2-5-15/h3-4,6-7,9H,2,8H2,1H3. The van der Waals surface area contributed by atoms with Gasteiger partial charge in [0.25, 0.3) is 0 Å². The predicted molar refractivity (Wildman–Crippen MR) is 74.3 cm³/mol. The molecule has 3 nitrogen and oxygen atoms in total. The van der Waals surface area contributed by atoms with Crippen LogP contribution in [0.4, 0.5) is 0 Å². The van der Waals surface area contributed by atoms with Crippen molar-refractivity contribution in [2.75, 3.05) is 5.75 Å². The molecule has 0 N–H and O–H groups in total. The molecule has 1 aromatic carbocycles. The lowest BCUT2D eigenvalue weighted by molar-refractivity contribution is 0.894. The Kier molecular flexibility index (Phi) is 4.29. The molecule has 0 aliphatic carbocycles. The SMILES string of the molecule is Cc1ccc(-n2ccnc2SCCC#N)cc1Cl. The Labute approximate surface area is 115 Å². The zero-order valence-electron chi connectivity index (χ0n) is 9.93. The van der Waals surface area contributed by atoms with Crippen LogP contribution in [0.25, 0.3) is 5.69 Å². The van der Waals surface area contributed by atoms with Gasteiger partial charge in [0.1, 0.15) is 0 Å². The highest BCUT2D eigenvalue weighted by atomic mass is 35.5. The molecular weight excluding hydrogens is 266 g/mol. The van der Waals surface area contributed by atoms with Gasteiger partial charge in [-0.3, -0.25) is 4.57 Å². The first-order valence-corrected chi connectivity index (χ1v) is 6.88. The predicted octanol–water partition coefficient (Wildman–Crippen LogP) is 3.84. The molecule has 0 saturated carbocycles. The third kappa shape index (κ3) is 2.87. The van der Waals surface area contributed by atoms with Crippen molar-refractivity contribution in [2.24, 2.45) is 0 Å². The van der Waals surface area contributed by atoms with Crippen LogP contribution in [0.1, 0.15) is 12.0 Å². The summed E-state index contributed by atoms with van der Waals surface area (Å²) in [5.74, 6) is 0.743. The molecule has 5 heteroatoms. The Hall–Kier alpha value is -1.44. The van der Waals surface area contributed by atoms with Gasteiger partial charge in [0.2, 0.25) is 0 Å². The lowest BCUT2D eigenvalue weighted by Gasteiger charge is -2.08. The summed E-state index contributed by atoms with van der Waals surface area (Å²) in [6, 6.07) is 8.05. The Balaban J connectivity index is 2.25. The number of halogens is 1. The first-order valence-electron chi connectivity index (χ1n) is 5.52. The summed E-state index contributed by atoms with van der Waals surface area (Å²) in [5, 5.41) is 10.2. The lowest BCUT2D eigenvalue weighted by Crippen LogP contribution is -1.96. The Morgan fingerprint density at radius 1 is 1.50 bits per heavy atom. The zero-order chi connectivity index (χ0) is 13.0. The fourth-order valence-corrected chi connectivity index (χ4v) is 2.50. The van der Waals surface area contributed by atoms with E-state index in [-0.39, 0.29) is 0 Å². The fraction of sp³-hybridized carbons (Fsp3) is 0.231. The largest absolute Gasteiger partial charge is 0.295 e. The molecule has 1 heterocycles. The number of hydrogen-bond donors (Lipinski definition) is 0. The van der Waals surface area contributed by atoms with Crippen LogP contribution in [0.3, 0.4) is 0 Å². The maximum absolute atomic E-state index is 8.54. The minimum absolute atomic E-state index is 0.520. The van der Waals surface area contributed by atoms with Gasteiger partial charge in [-0.1, -0.05) is 29.4 Å². The molecule has 0 aliphatic heterocycles. The van der Waals surface area contributed by atoms with Crippen molar-refractivity contribution in [3.05, 3.63) is 41.2 Å². The molecule has 2 rings (SSSR count). The maximum Gasteiger partial charge on any atom is 0.172 e. The first kappa shape index (κ1) is 13.0. The molecule has 0 amide bonds. The number of aromatic nitrogens is 2. The lowest BCUT2D eigenvalue weighted by atomic mass is 10.2. The summed E-state index contributed by atoms with van der Waals surface area (Å²) in [6.07, 6.45) is 4.17. The monoisotopic (exact) mass is 277 g/mol. The maximum atomic E-state index is 8.54. The van der Waals surface area contributed by atoms with Gasteiger partial charge in [0.15, 0.2) is 5.16 Å². The first-order chi connectivity index (χ1) is 8.72. The molecule has 0 saturated heterocycles. The van der Waals surface area contributed by atoms with E-state index in [2.05, 4.69) is 11.1 Å². The van der Waals surface area contributed by atoms with E-state index in [1.54, 1.807) is 18.0 Å². The van der Waals surface area contributed by atoms with E-state index in [1.807, 2.05) is 35.9 Å². The van der Waals surface area contributed by atoms with Crippen molar-refractivity contribution in [2.45, 2.75) is 18.5 Å². The van der Waals surface area contributed by atoms with E-state index in [0.717, 1.165) is 27.2 Å². The van der Waals surface area contributed by atoms with E-state index < -0.39 is 0 Å².